The van der Waals surface area contributed by atoms with Crippen LogP contribution < -0.4 is 5.73 Å². The lowest BCUT2D eigenvalue weighted by Gasteiger charge is -2.06. The Morgan fingerprint density at radius 3 is 2.44 bits per heavy atom. The molecule has 1 unspecified atom stereocenters. The Kier molecular flexibility index (Phi) is 4.77. The van der Waals surface area contributed by atoms with Gasteiger partial charge in [0.25, 0.3) is 0 Å². The molecule has 0 saturated carbocycles. The van der Waals surface area contributed by atoms with Crippen LogP contribution in [0.2, 0.25) is 0 Å². The fourth-order valence-electron chi connectivity index (χ4n) is 0.679. The Balaban J connectivity index is 3.54. The lowest BCUT2D eigenvalue weighted by Crippen LogP contribution is -2.22. The van der Waals surface area contributed by atoms with Crippen molar-refractivity contribution in [1.29, 1.82) is 0 Å². The van der Waals surface area contributed by atoms with Crippen molar-refractivity contribution in [2.45, 2.75) is 19.8 Å². The van der Waals surface area contributed by atoms with Crippen molar-refractivity contribution in [3.05, 3.63) is 0 Å². The number of nitrogens with two attached hydrogens (primary N) is 1. The first-order chi connectivity index (χ1) is 4.22. The summed E-state index contributed by atoms with van der Waals surface area (Å²) in [6.07, 6.45) is 1.70. The predicted octanol–water partition coefficient (Wildman–Crippen LogP) is 1.28. The lowest BCUT2D eigenvalue weighted by molar-refractivity contribution is -0.121. The molecule has 1 atom stereocenters. The second-order valence-corrected chi connectivity index (χ2v) is 2.78. The minimum Gasteiger partial charge on any atom is -0.369 e. The van der Waals surface area contributed by atoms with Crippen LogP contribution in [0.3, 0.4) is 0 Å². The largest absolute Gasteiger partial charge is 0.369 e. The van der Waals surface area contributed by atoms with Crippen molar-refractivity contribution in [3.63, 3.8) is 0 Å². The van der Waals surface area contributed by atoms with E-state index in [-0.39, 0.29) is 11.8 Å². The van der Waals surface area contributed by atoms with Gasteiger partial charge in [-0.2, -0.15) is 0 Å². The fraction of sp³-hybridized carbons (Fsp3) is 0.833. The average Bonchev–Trinajstić information content (AvgIpc) is 1.82. The maximum absolute atomic E-state index is 10.5. The van der Waals surface area contributed by atoms with Gasteiger partial charge in [-0.05, 0) is 12.8 Å². The highest BCUT2D eigenvalue weighted by atomic mass is 79.9. The third-order valence-corrected chi connectivity index (χ3v) is 1.81. The summed E-state index contributed by atoms with van der Waals surface area (Å²) < 4.78 is 0. The zero-order valence-corrected chi connectivity index (χ0v) is 7.15. The van der Waals surface area contributed by atoms with Crippen molar-refractivity contribution in [2.24, 2.45) is 11.7 Å². The molecule has 54 valence electrons. The van der Waals surface area contributed by atoms with Crippen molar-refractivity contribution in [3.8, 4) is 0 Å². The van der Waals surface area contributed by atoms with E-state index < -0.39 is 0 Å². The molecule has 0 bridgehead atoms. The van der Waals surface area contributed by atoms with E-state index in [4.69, 9.17) is 5.73 Å². The SMILES string of the molecule is CCC(CCBr)C(N)=O. The second kappa shape index (κ2) is 4.79. The molecule has 0 aliphatic carbocycles. The number of carbonyl (C=O) groups excluding carboxylic acids is 1. The molecule has 0 aliphatic heterocycles. The number of hydrogen-bond donors (Lipinski definition) is 1. The topological polar surface area (TPSA) is 43.1 Å². The van der Waals surface area contributed by atoms with Gasteiger partial charge in [0.15, 0.2) is 0 Å². The number of halogens is 1. The summed E-state index contributed by atoms with van der Waals surface area (Å²) in [5, 5.41) is 0.856. The van der Waals surface area contributed by atoms with Crippen molar-refractivity contribution >= 4 is 21.8 Å². The maximum Gasteiger partial charge on any atom is 0.220 e. The highest BCUT2D eigenvalue weighted by molar-refractivity contribution is 9.09. The van der Waals surface area contributed by atoms with E-state index in [2.05, 4.69) is 15.9 Å². The van der Waals surface area contributed by atoms with Crippen LogP contribution in [-0.4, -0.2) is 11.2 Å². The van der Waals surface area contributed by atoms with E-state index in [0.717, 1.165) is 18.2 Å². The first-order valence-electron chi connectivity index (χ1n) is 3.07. The van der Waals surface area contributed by atoms with Crippen molar-refractivity contribution in [1.82, 2.24) is 0 Å². The van der Waals surface area contributed by atoms with E-state index in [1.807, 2.05) is 6.92 Å². The third kappa shape index (κ3) is 3.51. The highest BCUT2D eigenvalue weighted by Crippen LogP contribution is 2.08. The Morgan fingerprint density at radius 2 is 2.33 bits per heavy atom. The van der Waals surface area contributed by atoms with Gasteiger partial charge in [-0.3, -0.25) is 4.79 Å². The van der Waals surface area contributed by atoms with Crippen molar-refractivity contribution in [2.75, 3.05) is 5.33 Å². The van der Waals surface area contributed by atoms with E-state index in [1.165, 1.54) is 0 Å². The normalized spacial score (nSPS) is 13.1. The van der Waals surface area contributed by atoms with Crippen LogP contribution in [0, 0.1) is 5.92 Å². The molecule has 0 heterocycles. The van der Waals surface area contributed by atoms with Gasteiger partial charge >= 0.3 is 0 Å². The third-order valence-electron chi connectivity index (χ3n) is 1.35. The number of rotatable bonds is 4. The molecular formula is C6H12BrNO. The maximum atomic E-state index is 10.5. The molecule has 2 N–H and O–H groups in total. The first kappa shape index (κ1) is 8.95. The van der Waals surface area contributed by atoms with Gasteiger partial charge in [-0.25, -0.2) is 0 Å². The Bertz CT molecular complexity index is 95.1. The number of hydrogen-bond acceptors (Lipinski definition) is 1. The zero-order valence-electron chi connectivity index (χ0n) is 5.56. The Labute approximate surface area is 63.9 Å². The summed E-state index contributed by atoms with van der Waals surface area (Å²) in [7, 11) is 0. The minimum atomic E-state index is -0.183. The quantitative estimate of drug-likeness (QED) is 0.673. The summed E-state index contributed by atoms with van der Waals surface area (Å²) in [6, 6.07) is 0. The second-order valence-electron chi connectivity index (χ2n) is 1.99. The molecule has 0 aromatic heterocycles. The van der Waals surface area contributed by atoms with Gasteiger partial charge in [0.1, 0.15) is 0 Å². The molecule has 3 heteroatoms. The lowest BCUT2D eigenvalue weighted by atomic mass is 10.0. The molecule has 0 rings (SSSR count). The van der Waals surface area contributed by atoms with Gasteiger partial charge < -0.3 is 5.73 Å². The molecule has 1 amide bonds. The van der Waals surface area contributed by atoms with E-state index in [0.29, 0.717) is 0 Å². The molecule has 0 fully saturated rings. The minimum absolute atomic E-state index is 0.0596. The summed E-state index contributed by atoms with van der Waals surface area (Å²) >= 11 is 3.25. The van der Waals surface area contributed by atoms with Crippen LogP contribution >= 0.6 is 15.9 Å². The van der Waals surface area contributed by atoms with Crippen LogP contribution in [0.15, 0.2) is 0 Å². The van der Waals surface area contributed by atoms with Gasteiger partial charge in [-0.15, -0.1) is 0 Å². The zero-order chi connectivity index (χ0) is 7.28. The first-order valence-corrected chi connectivity index (χ1v) is 4.19. The van der Waals surface area contributed by atoms with E-state index in [1.54, 1.807) is 0 Å². The number of carbonyl (C=O) groups is 1. The Morgan fingerprint density at radius 1 is 1.78 bits per heavy atom. The molecule has 0 aliphatic rings. The van der Waals surface area contributed by atoms with Crippen LogP contribution in [0.25, 0.3) is 0 Å². The molecule has 2 nitrogen and oxygen atoms in total. The van der Waals surface area contributed by atoms with Crippen LogP contribution in [0.5, 0.6) is 0 Å². The number of alkyl halides is 1. The summed E-state index contributed by atoms with van der Waals surface area (Å²) in [4.78, 5) is 10.5. The van der Waals surface area contributed by atoms with Gasteiger partial charge in [-0.1, -0.05) is 22.9 Å². The van der Waals surface area contributed by atoms with E-state index in [9.17, 15) is 4.79 Å². The van der Waals surface area contributed by atoms with Crippen LogP contribution in [0.4, 0.5) is 0 Å². The number of primary amides is 1. The van der Waals surface area contributed by atoms with Crippen molar-refractivity contribution < 1.29 is 4.79 Å². The standard InChI is InChI=1S/C6H12BrNO/c1-2-5(3-4-7)6(8)9/h5H,2-4H2,1H3,(H2,8,9). The van der Waals surface area contributed by atoms with E-state index >= 15 is 0 Å². The predicted molar refractivity (Wildman–Crippen MR) is 41.4 cm³/mol. The fourth-order valence-corrected chi connectivity index (χ4v) is 1.23. The molecule has 0 spiro atoms. The van der Waals surface area contributed by atoms with Crippen LogP contribution in [0.1, 0.15) is 19.8 Å². The Hall–Kier alpha value is -0.0500. The molecule has 0 saturated heterocycles. The monoisotopic (exact) mass is 193 g/mol. The molecule has 9 heavy (non-hydrogen) atoms. The molecule has 0 radical (unpaired) electrons. The summed E-state index contributed by atoms with van der Waals surface area (Å²) in [6.45, 7) is 1.97. The van der Waals surface area contributed by atoms with Gasteiger partial charge in [0, 0.05) is 11.2 Å². The number of amides is 1. The summed E-state index contributed by atoms with van der Waals surface area (Å²) in [5.74, 6) is -0.124. The highest BCUT2D eigenvalue weighted by Gasteiger charge is 2.10. The average molecular weight is 194 g/mol. The van der Waals surface area contributed by atoms with Gasteiger partial charge in [0.05, 0.1) is 0 Å². The molecular weight excluding hydrogens is 182 g/mol. The summed E-state index contributed by atoms with van der Waals surface area (Å²) in [5.41, 5.74) is 5.07. The molecule has 0 aromatic rings. The van der Waals surface area contributed by atoms with Gasteiger partial charge in [0.2, 0.25) is 5.91 Å². The smallest absolute Gasteiger partial charge is 0.220 e. The van der Waals surface area contributed by atoms with Crippen LogP contribution in [-0.2, 0) is 4.79 Å². The molecule has 0 aromatic carbocycles.